The highest BCUT2D eigenvalue weighted by Gasteiger charge is 2.38. The van der Waals surface area contributed by atoms with E-state index in [0.29, 0.717) is 12.0 Å². The van der Waals surface area contributed by atoms with E-state index >= 15 is 0 Å². The van der Waals surface area contributed by atoms with Crippen LogP contribution in [0.15, 0.2) is 48.5 Å². The van der Waals surface area contributed by atoms with Crippen molar-refractivity contribution >= 4 is 23.5 Å². The summed E-state index contributed by atoms with van der Waals surface area (Å²) in [6.45, 7) is 3.66. The minimum absolute atomic E-state index is 0.0395. The first-order valence-corrected chi connectivity index (χ1v) is 8.41. The molecular weight excluding hydrogens is 332 g/mol. The zero-order chi connectivity index (χ0) is 18.8. The van der Waals surface area contributed by atoms with Crippen LogP contribution in [0.25, 0.3) is 0 Å². The maximum atomic E-state index is 12.7. The van der Waals surface area contributed by atoms with Crippen molar-refractivity contribution < 1.29 is 19.5 Å². The Morgan fingerprint density at radius 3 is 2.42 bits per heavy atom. The molecule has 2 unspecified atom stereocenters. The number of hydrogen-bond acceptors (Lipinski definition) is 3. The molecule has 0 radical (unpaired) electrons. The first-order chi connectivity index (χ1) is 12.4. The highest BCUT2D eigenvalue weighted by molar-refractivity contribution is 6.05. The van der Waals surface area contributed by atoms with Crippen molar-refractivity contribution in [1.82, 2.24) is 5.32 Å². The second-order valence-corrected chi connectivity index (χ2v) is 6.55. The third-order valence-corrected chi connectivity index (χ3v) is 4.48. The monoisotopic (exact) mass is 352 g/mol. The molecule has 1 fully saturated rings. The normalized spacial score (nSPS) is 19.5. The summed E-state index contributed by atoms with van der Waals surface area (Å²) in [6.07, 6.45) is 0.497. The second kappa shape index (κ2) is 7.00. The van der Waals surface area contributed by atoms with Crippen LogP contribution in [0, 0.1) is 6.92 Å². The SMILES string of the molecule is Cc1cc(C(=O)O)cc(C(=O)NC2CC(C)N(c3ccccc3)C2=O)c1. The number of nitrogens with one attached hydrogen (secondary N) is 1. The molecule has 1 aliphatic heterocycles. The number of aryl methyl sites for hydroxylation is 1. The molecule has 0 bridgehead atoms. The van der Waals surface area contributed by atoms with Gasteiger partial charge in [0.25, 0.3) is 5.91 Å². The van der Waals surface area contributed by atoms with Crippen molar-refractivity contribution in [3.05, 3.63) is 65.2 Å². The van der Waals surface area contributed by atoms with Crippen molar-refractivity contribution in [2.45, 2.75) is 32.4 Å². The van der Waals surface area contributed by atoms with E-state index in [-0.39, 0.29) is 23.1 Å². The molecule has 134 valence electrons. The number of aromatic carboxylic acids is 1. The maximum Gasteiger partial charge on any atom is 0.335 e. The number of nitrogens with zero attached hydrogens (tertiary/aromatic N) is 1. The number of carboxylic acid groups (broad SMARTS) is 1. The van der Waals surface area contributed by atoms with Gasteiger partial charge in [-0.25, -0.2) is 4.79 Å². The van der Waals surface area contributed by atoms with E-state index in [4.69, 9.17) is 5.11 Å². The fraction of sp³-hybridized carbons (Fsp3) is 0.250. The summed E-state index contributed by atoms with van der Waals surface area (Å²) >= 11 is 0. The van der Waals surface area contributed by atoms with Crippen LogP contribution in [-0.2, 0) is 4.79 Å². The lowest BCUT2D eigenvalue weighted by atomic mass is 10.1. The first-order valence-electron chi connectivity index (χ1n) is 8.41. The minimum atomic E-state index is -1.09. The van der Waals surface area contributed by atoms with Gasteiger partial charge in [-0.05, 0) is 56.2 Å². The smallest absolute Gasteiger partial charge is 0.335 e. The molecule has 1 aliphatic rings. The molecule has 6 heteroatoms. The van der Waals surface area contributed by atoms with E-state index in [1.54, 1.807) is 17.9 Å². The van der Waals surface area contributed by atoms with Gasteiger partial charge in [-0.1, -0.05) is 18.2 Å². The van der Waals surface area contributed by atoms with Crippen LogP contribution in [0.3, 0.4) is 0 Å². The van der Waals surface area contributed by atoms with Gasteiger partial charge in [-0.3, -0.25) is 9.59 Å². The van der Waals surface area contributed by atoms with Gasteiger partial charge in [0.15, 0.2) is 0 Å². The van der Waals surface area contributed by atoms with Gasteiger partial charge in [0.05, 0.1) is 5.56 Å². The molecule has 1 saturated heterocycles. The molecule has 0 aliphatic carbocycles. The Morgan fingerprint density at radius 2 is 1.77 bits per heavy atom. The largest absolute Gasteiger partial charge is 0.478 e. The topological polar surface area (TPSA) is 86.7 Å². The highest BCUT2D eigenvalue weighted by atomic mass is 16.4. The highest BCUT2D eigenvalue weighted by Crippen LogP contribution is 2.26. The number of carbonyl (C=O) groups excluding carboxylic acids is 2. The molecule has 2 amide bonds. The molecule has 0 saturated carbocycles. The molecular formula is C20H20N2O4. The van der Waals surface area contributed by atoms with Gasteiger partial charge in [0.1, 0.15) is 6.04 Å². The fourth-order valence-electron chi connectivity index (χ4n) is 3.30. The molecule has 0 aromatic heterocycles. The Bertz CT molecular complexity index is 863. The molecule has 2 aromatic carbocycles. The van der Waals surface area contributed by atoms with Crippen LogP contribution < -0.4 is 10.2 Å². The Hall–Kier alpha value is -3.15. The lowest BCUT2D eigenvalue weighted by Gasteiger charge is -2.21. The average molecular weight is 352 g/mol. The van der Waals surface area contributed by atoms with Crippen molar-refractivity contribution in [3.63, 3.8) is 0 Å². The molecule has 1 heterocycles. The van der Waals surface area contributed by atoms with Crippen LogP contribution in [0.5, 0.6) is 0 Å². The molecule has 2 atom stereocenters. The van der Waals surface area contributed by atoms with Gasteiger partial charge in [-0.15, -0.1) is 0 Å². The van der Waals surface area contributed by atoms with Crippen molar-refractivity contribution in [2.75, 3.05) is 4.90 Å². The lowest BCUT2D eigenvalue weighted by molar-refractivity contribution is -0.118. The third-order valence-electron chi connectivity index (χ3n) is 4.48. The van der Waals surface area contributed by atoms with E-state index in [1.807, 2.05) is 37.3 Å². The number of rotatable bonds is 4. The standard InChI is InChI=1S/C20H20N2O4/c1-12-8-14(11-15(9-12)20(25)26)18(23)21-17-10-13(2)22(19(17)24)16-6-4-3-5-7-16/h3-9,11,13,17H,10H2,1-2H3,(H,21,23)(H,25,26). The Kier molecular flexibility index (Phi) is 4.75. The van der Waals surface area contributed by atoms with E-state index in [1.165, 1.54) is 12.1 Å². The summed E-state index contributed by atoms with van der Waals surface area (Å²) in [4.78, 5) is 38.2. The van der Waals surface area contributed by atoms with Gasteiger partial charge in [-0.2, -0.15) is 0 Å². The van der Waals surface area contributed by atoms with Crippen LogP contribution in [0.1, 0.15) is 39.6 Å². The van der Waals surface area contributed by atoms with Crippen molar-refractivity contribution in [1.29, 1.82) is 0 Å². The third kappa shape index (κ3) is 3.44. The average Bonchev–Trinajstić information content (AvgIpc) is 2.88. The molecule has 6 nitrogen and oxygen atoms in total. The predicted octanol–water partition coefficient (Wildman–Crippen LogP) is 2.62. The number of amides is 2. The van der Waals surface area contributed by atoms with Crippen molar-refractivity contribution in [2.24, 2.45) is 0 Å². The van der Waals surface area contributed by atoms with E-state index in [9.17, 15) is 14.4 Å². The zero-order valence-electron chi connectivity index (χ0n) is 14.6. The number of anilines is 1. The summed E-state index contributed by atoms with van der Waals surface area (Å²) in [6, 6.07) is 13.1. The second-order valence-electron chi connectivity index (χ2n) is 6.55. The number of benzene rings is 2. The summed E-state index contributed by atoms with van der Waals surface area (Å²) in [7, 11) is 0. The number of carbonyl (C=O) groups is 3. The van der Waals surface area contributed by atoms with Gasteiger partial charge in [0.2, 0.25) is 5.91 Å². The maximum absolute atomic E-state index is 12.7. The van der Waals surface area contributed by atoms with Gasteiger partial charge < -0.3 is 15.3 Å². The summed E-state index contributed by atoms with van der Waals surface area (Å²) in [5, 5.41) is 11.9. The van der Waals surface area contributed by atoms with Crippen LogP contribution in [-0.4, -0.2) is 35.0 Å². The van der Waals surface area contributed by atoms with E-state index in [0.717, 1.165) is 5.69 Å². The zero-order valence-corrected chi connectivity index (χ0v) is 14.6. The van der Waals surface area contributed by atoms with Crippen molar-refractivity contribution in [3.8, 4) is 0 Å². The van der Waals surface area contributed by atoms with Gasteiger partial charge >= 0.3 is 5.97 Å². The molecule has 2 N–H and O–H groups in total. The first kappa shape index (κ1) is 17.7. The molecule has 3 rings (SSSR count). The van der Waals surface area contributed by atoms with Gasteiger partial charge in [0, 0.05) is 17.3 Å². The summed E-state index contributed by atoms with van der Waals surface area (Å²) in [5.74, 6) is -1.71. The van der Waals surface area contributed by atoms with E-state index in [2.05, 4.69) is 5.32 Å². The summed E-state index contributed by atoms with van der Waals surface area (Å²) in [5.41, 5.74) is 1.76. The van der Waals surface area contributed by atoms with Crippen LogP contribution >= 0.6 is 0 Å². The van der Waals surface area contributed by atoms with Crippen LogP contribution in [0.4, 0.5) is 5.69 Å². The molecule has 26 heavy (non-hydrogen) atoms. The van der Waals surface area contributed by atoms with Crippen LogP contribution in [0.2, 0.25) is 0 Å². The number of para-hydroxylation sites is 1. The quantitative estimate of drug-likeness (QED) is 0.885. The van der Waals surface area contributed by atoms with E-state index < -0.39 is 17.9 Å². The predicted molar refractivity (Wildman–Crippen MR) is 97.4 cm³/mol. The summed E-state index contributed by atoms with van der Waals surface area (Å²) < 4.78 is 0. The Labute approximate surface area is 151 Å². The number of hydrogen-bond donors (Lipinski definition) is 2. The Morgan fingerprint density at radius 1 is 1.12 bits per heavy atom. The Balaban J connectivity index is 1.78. The minimum Gasteiger partial charge on any atom is -0.478 e. The molecule has 2 aromatic rings. The molecule has 0 spiro atoms. The number of carboxylic acids is 1. The fourth-order valence-corrected chi connectivity index (χ4v) is 3.30. The lowest BCUT2D eigenvalue weighted by Crippen LogP contribution is -2.42.